The number of halogens is 6. The van der Waals surface area contributed by atoms with Crippen molar-refractivity contribution in [3.8, 4) is 0 Å². The Balaban J connectivity index is 1.46. The molecular formula is C27H27F6N5O3. The number of nitrogens with zero attached hydrogens (tertiary/aromatic N) is 3. The minimum absolute atomic E-state index is 0.0174. The van der Waals surface area contributed by atoms with E-state index in [4.69, 9.17) is 4.74 Å². The molecule has 2 aliphatic rings. The van der Waals surface area contributed by atoms with Crippen molar-refractivity contribution < 1.29 is 35.9 Å². The summed E-state index contributed by atoms with van der Waals surface area (Å²) in [6, 6.07) is 10.5. The lowest BCUT2D eigenvalue weighted by molar-refractivity contribution is -0.144. The van der Waals surface area contributed by atoms with E-state index in [9.17, 15) is 35.9 Å². The fourth-order valence-electron chi connectivity index (χ4n) is 5.79. The lowest BCUT2D eigenvalue weighted by Crippen LogP contribution is -2.72. The Morgan fingerprint density at radius 3 is 2.24 bits per heavy atom. The molecule has 14 heteroatoms. The van der Waals surface area contributed by atoms with E-state index in [-0.39, 0.29) is 37.2 Å². The summed E-state index contributed by atoms with van der Waals surface area (Å²) in [5.74, 6) is -0.284. The van der Waals surface area contributed by atoms with Crippen molar-refractivity contribution in [3.05, 3.63) is 87.6 Å². The number of amides is 1. The van der Waals surface area contributed by atoms with Gasteiger partial charge in [-0.3, -0.25) is 14.3 Å². The van der Waals surface area contributed by atoms with E-state index < -0.39 is 46.4 Å². The number of rotatable bonds is 7. The van der Waals surface area contributed by atoms with Crippen LogP contribution >= 0.6 is 0 Å². The van der Waals surface area contributed by atoms with Crippen molar-refractivity contribution >= 4 is 5.91 Å². The minimum Gasteiger partial charge on any atom is -0.372 e. The summed E-state index contributed by atoms with van der Waals surface area (Å²) in [4.78, 5) is 27.0. The molecule has 41 heavy (non-hydrogen) atoms. The topological polar surface area (TPSA) is 92.2 Å². The van der Waals surface area contributed by atoms with E-state index in [2.05, 4.69) is 15.5 Å². The first kappa shape index (κ1) is 28.9. The Kier molecular flexibility index (Phi) is 7.26. The molecule has 8 nitrogen and oxygen atoms in total. The van der Waals surface area contributed by atoms with E-state index in [0.29, 0.717) is 31.5 Å². The van der Waals surface area contributed by atoms with Crippen molar-refractivity contribution in [1.82, 2.24) is 25.0 Å². The van der Waals surface area contributed by atoms with E-state index in [1.807, 2.05) is 23.1 Å². The molecule has 2 aliphatic heterocycles. The molecule has 0 saturated carbocycles. The van der Waals surface area contributed by atoms with Crippen LogP contribution in [0.5, 0.6) is 0 Å². The second kappa shape index (κ2) is 10.3. The Morgan fingerprint density at radius 2 is 1.66 bits per heavy atom. The van der Waals surface area contributed by atoms with Gasteiger partial charge in [-0.2, -0.15) is 31.4 Å². The first-order chi connectivity index (χ1) is 19.2. The smallest absolute Gasteiger partial charge is 0.372 e. The van der Waals surface area contributed by atoms with Gasteiger partial charge in [-0.15, -0.1) is 0 Å². The zero-order valence-electron chi connectivity index (χ0n) is 21.9. The van der Waals surface area contributed by atoms with Gasteiger partial charge in [0.05, 0.1) is 48.0 Å². The highest BCUT2D eigenvalue weighted by atomic mass is 19.4. The molecule has 2 saturated heterocycles. The Labute approximate surface area is 230 Å². The fraction of sp³-hybridized carbons (Fsp3) is 0.444. The molecule has 5 rings (SSSR count). The number of aromatic nitrogens is 3. The predicted molar refractivity (Wildman–Crippen MR) is 133 cm³/mol. The van der Waals surface area contributed by atoms with Gasteiger partial charge >= 0.3 is 18.0 Å². The number of nitrogens with one attached hydrogen (secondary N) is 2. The van der Waals surface area contributed by atoms with Crippen LogP contribution in [-0.2, 0) is 34.0 Å². The number of piperazine rings is 1. The van der Waals surface area contributed by atoms with Crippen LogP contribution in [0.3, 0.4) is 0 Å². The predicted octanol–water partition coefficient (Wildman–Crippen LogP) is 4.25. The molecule has 0 aliphatic carbocycles. The fourth-order valence-corrected chi connectivity index (χ4v) is 5.79. The van der Waals surface area contributed by atoms with Gasteiger partial charge in [0.1, 0.15) is 6.33 Å². The normalized spacial score (nSPS) is 25.5. The number of hydrogen-bond donors (Lipinski definition) is 2. The number of fused-ring (bicyclic) bond motifs is 2. The molecule has 1 unspecified atom stereocenters. The summed E-state index contributed by atoms with van der Waals surface area (Å²) in [6.45, 7) is 1.76. The molecule has 220 valence electrons. The standard InChI is InChI=1S/C27H27F6N5O3/c1-17(18-9-20(26(28,29)30)11-21(10-18)27(31,32)33)41-15-25(19-5-3-2-4-6-19)8-7-24(13-37-16-34-36-23(37)40)14-38(25)12-22(39)35-24/h2-6,9-11,16-17H,7-8,12-15H2,1H3,(H,35,39)(H,36,40)/t17-,24+,25-/m1/s1. The van der Waals surface area contributed by atoms with Gasteiger partial charge in [0, 0.05) is 6.54 Å². The molecule has 3 aromatic rings. The van der Waals surface area contributed by atoms with E-state index >= 15 is 0 Å². The first-order valence-electron chi connectivity index (χ1n) is 12.8. The summed E-state index contributed by atoms with van der Waals surface area (Å²) >= 11 is 0. The largest absolute Gasteiger partial charge is 0.416 e. The summed E-state index contributed by atoms with van der Waals surface area (Å²) in [6.07, 6.45) is -8.91. The van der Waals surface area contributed by atoms with Gasteiger partial charge in [0.2, 0.25) is 5.91 Å². The third kappa shape index (κ3) is 5.75. The number of carbonyl (C=O) groups excluding carboxylic acids is 1. The summed E-state index contributed by atoms with van der Waals surface area (Å²) in [5, 5.41) is 9.08. The van der Waals surface area contributed by atoms with Crippen molar-refractivity contribution in [2.24, 2.45) is 0 Å². The number of piperidine rings is 1. The van der Waals surface area contributed by atoms with Crippen LogP contribution in [0.25, 0.3) is 0 Å². The number of carbonyl (C=O) groups is 1. The van der Waals surface area contributed by atoms with Gasteiger partial charge in [-0.1, -0.05) is 30.3 Å². The van der Waals surface area contributed by atoms with Crippen molar-refractivity contribution in [1.29, 1.82) is 0 Å². The minimum atomic E-state index is -4.98. The van der Waals surface area contributed by atoms with E-state index in [1.165, 1.54) is 17.8 Å². The van der Waals surface area contributed by atoms with Crippen molar-refractivity contribution in [2.45, 2.75) is 55.8 Å². The third-order valence-electron chi connectivity index (χ3n) is 7.91. The quantitative estimate of drug-likeness (QED) is 0.406. The number of ether oxygens (including phenoxy) is 1. The van der Waals surface area contributed by atoms with Gasteiger partial charge in [0.15, 0.2) is 0 Å². The zero-order chi connectivity index (χ0) is 29.6. The first-order valence-corrected chi connectivity index (χ1v) is 12.8. The van der Waals surface area contributed by atoms with Crippen LogP contribution in [0.1, 0.15) is 48.1 Å². The maximum atomic E-state index is 13.5. The number of hydrogen-bond acceptors (Lipinski definition) is 5. The molecule has 4 atom stereocenters. The van der Waals surface area contributed by atoms with Crippen molar-refractivity contribution in [3.63, 3.8) is 0 Å². The monoisotopic (exact) mass is 583 g/mol. The molecule has 2 fully saturated rings. The Morgan fingerprint density at radius 1 is 1.00 bits per heavy atom. The second-order valence-electron chi connectivity index (χ2n) is 10.7. The lowest BCUT2D eigenvalue weighted by atomic mass is 9.73. The molecular weight excluding hydrogens is 556 g/mol. The zero-order valence-corrected chi connectivity index (χ0v) is 21.9. The molecule has 0 radical (unpaired) electrons. The Hall–Kier alpha value is -3.65. The molecule has 1 aromatic heterocycles. The Bertz CT molecular complexity index is 1440. The molecule has 3 heterocycles. The molecule has 0 spiro atoms. The molecule has 2 aromatic carbocycles. The van der Waals surface area contributed by atoms with E-state index in [1.54, 1.807) is 12.1 Å². The highest BCUT2D eigenvalue weighted by molar-refractivity contribution is 5.80. The lowest BCUT2D eigenvalue weighted by Gasteiger charge is -2.57. The summed E-state index contributed by atoms with van der Waals surface area (Å²) in [5.41, 5.74) is -4.45. The van der Waals surface area contributed by atoms with Crippen LogP contribution < -0.4 is 11.0 Å². The van der Waals surface area contributed by atoms with Crippen LogP contribution in [0.15, 0.2) is 59.7 Å². The number of alkyl halides is 6. The van der Waals surface area contributed by atoms with Crippen LogP contribution in [0.2, 0.25) is 0 Å². The molecule has 2 N–H and O–H groups in total. The highest BCUT2D eigenvalue weighted by Crippen LogP contribution is 2.44. The molecule has 1 amide bonds. The summed E-state index contributed by atoms with van der Waals surface area (Å²) < 4.78 is 88.1. The number of aromatic amines is 1. The third-order valence-corrected chi connectivity index (χ3v) is 7.91. The SMILES string of the molecule is C[C@@H](OC[C@@]1(c2ccccc2)CC[C@]2(Cn3cn[nH]c3=O)CN1CC(=O)N2)c1cc(C(F)(F)F)cc(C(F)(F)F)c1. The van der Waals surface area contributed by atoms with Gasteiger partial charge < -0.3 is 10.1 Å². The van der Waals surface area contributed by atoms with E-state index in [0.717, 1.165) is 5.56 Å². The second-order valence-corrected chi connectivity index (χ2v) is 10.7. The van der Waals surface area contributed by atoms with Gasteiger partial charge in [-0.05, 0) is 49.1 Å². The maximum Gasteiger partial charge on any atom is 0.416 e. The summed E-state index contributed by atoms with van der Waals surface area (Å²) in [7, 11) is 0. The van der Waals surface area contributed by atoms with Gasteiger partial charge in [0.25, 0.3) is 0 Å². The average Bonchev–Trinajstić information content (AvgIpc) is 3.31. The average molecular weight is 584 g/mol. The van der Waals surface area contributed by atoms with Crippen LogP contribution in [0.4, 0.5) is 26.3 Å². The number of benzene rings is 2. The van der Waals surface area contributed by atoms with Crippen LogP contribution in [0, 0.1) is 0 Å². The van der Waals surface area contributed by atoms with Crippen molar-refractivity contribution in [2.75, 3.05) is 19.7 Å². The maximum absolute atomic E-state index is 13.5. The highest BCUT2D eigenvalue weighted by Gasteiger charge is 2.53. The van der Waals surface area contributed by atoms with Gasteiger partial charge in [-0.25, -0.2) is 9.89 Å². The van der Waals surface area contributed by atoms with Crippen LogP contribution in [-0.4, -0.2) is 50.8 Å². The number of H-pyrrole nitrogens is 1. The molecule has 2 bridgehead atoms.